The molecule has 0 N–H and O–H groups in total. The molecular formula is C3H2F7N. The molecule has 0 rings (SSSR count). The van der Waals surface area contributed by atoms with Gasteiger partial charge in [0.05, 0.1) is 5.34 Å². The number of halogens is 7. The molecule has 11 heavy (non-hydrogen) atoms. The number of nitrogens with zero attached hydrogens (tertiary/aromatic N) is 1. The van der Waals surface area contributed by atoms with Gasteiger partial charge in [-0.15, -0.1) is 0 Å². The van der Waals surface area contributed by atoms with E-state index in [1.54, 1.807) is 0 Å². The second kappa shape index (κ2) is 3.24. The summed E-state index contributed by atoms with van der Waals surface area (Å²) in [4.78, 5) is 0. The quantitative estimate of drug-likeness (QED) is 0.370. The van der Waals surface area contributed by atoms with Crippen LogP contribution in [0, 0.1) is 0 Å². The molecule has 0 unspecified atom stereocenters. The Balaban J connectivity index is 4.53. The number of rotatable bonds is 3. The lowest BCUT2D eigenvalue weighted by Gasteiger charge is -2.22. The molecule has 0 fully saturated rings. The number of alkyl halides is 5. The molecule has 0 radical (unpaired) electrons. The maximum absolute atomic E-state index is 11.8. The summed E-state index contributed by atoms with van der Waals surface area (Å²) in [7, 11) is 0. The summed E-state index contributed by atoms with van der Waals surface area (Å²) in [5, 5.41) is -2.83. The van der Waals surface area contributed by atoms with Crippen molar-refractivity contribution >= 4 is 0 Å². The second-order valence-electron chi connectivity index (χ2n) is 1.56. The summed E-state index contributed by atoms with van der Waals surface area (Å²) in [5.41, 5.74) is 0. The fourth-order valence-electron chi connectivity index (χ4n) is 0.243. The molecule has 8 heteroatoms. The average molecular weight is 185 g/mol. The van der Waals surface area contributed by atoms with E-state index in [0.29, 0.717) is 0 Å². The molecule has 0 spiro atoms. The van der Waals surface area contributed by atoms with E-state index in [4.69, 9.17) is 0 Å². The molecule has 68 valence electrons. The van der Waals surface area contributed by atoms with E-state index in [9.17, 15) is 30.9 Å². The van der Waals surface area contributed by atoms with Crippen molar-refractivity contribution in [3.63, 3.8) is 0 Å². The molecule has 0 saturated carbocycles. The Hall–Kier alpha value is -0.530. The second-order valence-corrected chi connectivity index (χ2v) is 1.56. The van der Waals surface area contributed by atoms with Crippen LogP contribution in [-0.2, 0) is 0 Å². The van der Waals surface area contributed by atoms with Gasteiger partial charge < -0.3 is 0 Å². The first-order valence-corrected chi connectivity index (χ1v) is 2.20. The van der Waals surface area contributed by atoms with Crippen LogP contribution in [0.1, 0.15) is 0 Å². The van der Waals surface area contributed by atoms with Crippen LogP contribution < -0.4 is 0 Å². The van der Waals surface area contributed by atoms with Crippen molar-refractivity contribution in [1.29, 1.82) is 0 Å². The molecule has 0 saturated heterocycles. The average Bonchev–Trinajstić information content (AvgIpc) is 1.84. The Morgan fingerprint density at radius 2 is 1.18 bits per heavy atom. The van der Waals surface area contributed by atoms with Crippen LogP contribution in [0.2, 0.25) is 0 Å². The molecule has 0 aromatic rings. The minimum absolute atomic E-state index is 2.83. The number of hydrogen-bond donors (Lipinski definition) is 0. The van der Waals surface area contributed by atoms with Gasteiger partial charge >= 0.3 is 5.79 Å². The van der Waals surface area contributed by atoms with E-state index in [-0.39, 0.29) is 0 Å². The van der Waals surface area contributed by atoms with Gasteiger partial charge in [0, 0.05) is 0 Å². The normalized spacial score (nSPS) is 13.6. The summed E-state index contributed by atoms with van der Waals surface area (Å²) >= 11 is 0. The predicted molar refractivity (Wildman–Crippen MR) is 19.9 cm³/mol. The van der Waals surface area contributed by atoms with Crippen LogP contribution in [-0.4, -0.2) is 24.0 Å². The summed E-state index contributed by atoms with van der Waals surface area (Å²) in [6, 6.07) is 0. The van der Waals surface area contributed by atoms with E-state index < -0.39 is 24.0 Å². The third-order valence-electron chi connectivity index (χ3n) is 0.871. The zero-order valence-corrected chi connectivity index (χ0v) is 4.75. The highest BCUT2D eigenvalue weighted by Crippen LogP contribution is 2.32. The molecule has 0 amide bonds. The first-order valence-electron chi connectivity index (χ1n) is 2.20. The van der Waals surface area contributed by atoms with Gasteiger partial charge in [-0.05, 0) is 0 Å². The van der Waals surface area contributed by atoms with E-state index in [1.807, 2.05) is 0 Å². The Labute approximate surface area is 56.3 Å². The minimum Gasteiger partial charge on any atom is -0.208 e. The lowest BCUT2D eigenvalue weighted by atomic mass is 10.3. The molecule has 0 heterocycles. The van der Waals surface area contributed by atoms with Gasteiger partial charge in [-0.2, -0.15) is 0 Å². The Morgan fingerprint density at radius 1 is 0.909 bits per heavy atom. The Kier molecular flexibility index (Phi) is 3.09. The van der Waals surface area contributed by atoms with Crippen LogP contribution in [0.5, 0.6) is 0 Å². The summed E-state index contributed by atoms with van der Waals surface area (Å²) < 4.78 is 78.8. The van der Waals surface area contributed by atoms with Gasteiger partial charge in [-0.3, -0.25) is 0 Å². The molecule has 0 aliphatic carbocycles. The van der Waals surface area contributed by atoms with Crippen LogP contribution in [0.25, 0.3) is 0 Å². The van der Waals surface area contributed by atoms with E-state index in [0.717, 1.165) is 0 Å². The molecule has 0 aromatic heterocycles. The fourth-order valence-corrected chi connectivity index (χ4v) is 0.243. The van der Waals surface area contributed by atoms with Crippen molar-refractivity contribution in [2.24, 2.45) is 0 Å². The Bertz CT molecular complexity index is 101. The van der Waals surface area contributed by atoms with Gasteiger partial charge in [0.15, 0.2) is 0 Å². The molecule has 0 aliphatic heterocycles. The SMILES string of the molecule is FC(F)C(F)(C(F)F)N(F)F. The third kappa shape index (κ3) is 1.73. The van der Waals surface area contributed by atoms with Gasteiger partial charge in [-0.25, -0.2) is 22.0 Å². The molecule has 0 aliphatic rings. The van der Waals surface area contributed by atoms with E-state index in [2.05, 4.69) is 0 Å². The zero-order valence-electron chi connectivity index (χ0n) is 4.75. The van der Waals surface area contributed by atoms with Crippen molar-refractivity contribution in [3.05, 3.63) is 0 Å². The summed E-state index contributed by atoms with van der Waals surface area (Å²) in [5.74, 6) is -5.17. The van der Waals surface area contributed by atoms with Crippen LogP contribution in [0.15, 0.2) is 0 Å². The largest absolute Gasteiger partial charge is 0.340 e. The monoisotopic (exact) mass is 185 g/mol. The van der Waals surface area contributed by atoms with Gasteiger partial charge in [0.2, 0.25) is 0 Å². The van der Waals surface area contributed by atoms with Crippen molar-refractivity contribution < 1.29 is 30.9 Å². The molecular weight excluding hydrogens is 183 g/mol. The Morgan fingerprint density at radius 3 is 1.18 bits per heavy atom. The van der Waals surface area contributed by atoms with Crippen molar-refractivity contribution in [2.45, 2.75) is 18.6 Å². The van der Waals surface area contributed by atoms with Crippen molar-refractivity contribution in [2.75, 3.05) is 0 Å². The minimum atomic E-state index is -5.17. The lowest BCUT2D eigenvalue weighted by molar-refractivity contribution is -0.348. The highest BCUT2D eigenvalue weighted by molar-refractivity contribution is 4.77. The molecule has 0 aromatic carbocycles. The van der Waals surface area contributed by atoms with Gasteiger partial charge in [0.1, 0.15) is 0 Å². The third-order valence-corrected chi connectivity index (χ3v) is 0.871. The van der Waals surface area contributed by atoms with E-state index in [1.165, 1.54) is 0 Å². The first kappa shape index (κ1) is 10.5. The maximum Gasteiger partial charge on any atom is 0.340 e. The first-order chi connectivity index (χ1) is 4.83. The molecule has 0 atom stereocenters. The standard InChI is InChI=1S/C3H2F7N/c4-1(5)3(8,2(6)7)11(9)10/h1-2H. The van der Waals surface area contributed by atoms with Crippen LogP contribution >= 0.6 is 0 Å². The summed E-state index contributed by atoms with van der Waals surface area (Å²) in [6.07, 6.45) is -8.92. The molecule has 1 nitrogen and oxygen atoms in total. The van der Waals surface area contributed by atoms with Crippen molar-refractivity contribution in [3.8, 4) is 0 Å². The molecule has 0 bridgehead atoms. The van der Waals surface area contributed by atoms with E-state index >= 15 is 0 Å². The highest BCUT2D eigenvalue weighted by atomic mass is 19.4. The predicted octanol–water partition coefficient (Wildman–Crippen LogP) is 2.25. The highest BCUT2D eigenvalue weighted by Gasteiger charge is 2.57. The zero-order chi connectivity index (χ0) is 9.23. The summed E-state index contributed by atoms with van der Waals surface area (Å²) in [6.45, 7) is 0. The van der Waals surface area contributed by atoms with Crippen LogP contribution in [0.3, 0.4) is 0 Å². The lowest BCUT2D eigenvalue weighted by Crippen LogP contribution is -2.48. The smallest absolute Gasteiger partial charge is 0.208 e. The number of hydrogen-bond acceptors (Lipinski definition) is 1. The maximum atomic E-state index is 11.8. The van der Waals surface area contributed by atoms with Gasteiger partial charge in [0.25, 0.3) is 12.9 Å². The fraction of sp³-hybridized carbons (Fsp3) is 1.00. The topological polar surface area (TPSA) is 3.24 Å². The van der Waals surface area contributed by atoms with Gasteiger partial charge in [-0.1, -0.05) is 8.96 Å². The van der Waals surface area contributed by atoms with Crippen LogP contribution in [0.4, 0.5) is 30.9 Å². The van der Waals surface area contributed by atoms with Crippen molar-refractivity contribution in [1.82, 2.24) is 5.34 Å².